The van der Waals surface area contributed by atoms with Crippen LogP contribution in [0.3, 0.4) is 0 Å². The Balaban J connectivity index is 1.33. The minimum atomic E-state index is -0.365. The van der Waals surface area contributed by atoms with Crippen molar-refractivity contribution in [3.05, 3.63) is 94.1 Å². The molecule has 3 aromatic carbocycles. The molecule has 1 saturated carbocycles. The van der Waals surface area contributed by atoms with E-state index in [2.05, 4.69) is 28.1 Å². The van der Waals surface area contributed by atoms with E-state index in [0.29, 0.717) is 47.6 Å². The van der Waals surface area contributed by atoms with E-state index in [1.807, 2.05) is 54.8 Å². The van der Waals surface area contributed by atoms with Crippen molar-refractivity contribution in [2.45, 2.75) is 71.4 Å². The number of methoxy groups -OCH3 is 1. The summed E-state index contributed by atoms with van der Waals surface area (Å²) in [5.74, 6) is -0.157. The summed E-state index contributed by atoms with van der Waals surface area (Å²) in [5, 5.41) is 10.0. The molecule has 0 atom stereocenters. The van der Waals surface area contributed by atoms with E-state index in [1.165, 1.54) is 37.7 Å². The van der Waals surface area contributed by atoms with Crippen molar-refractivity contribution >= 4 is 51.6 Å². The zero-order valence-electron chi connectivity index (χ0n) is 26.8. The van der Waals surface area contributed by atoms with E-state index in [1.54, 1.807) is 25.3 Å². The second kappa shape index (κ2) is 15.4. The van der Waals surface area contributed by atoms with Crippen LogP contribution in [0.2, 0.25) is 5.02 Å². The lowest BCUT2D eigenvalue weighted by Gasteiger charge is -2.22. The van der Waals surface area contributed by atoms with Crippen molar-refractivity contribution in [1.29, 1.82) is 0 Å². The second-order valence-electron chi connectivity index (χ2n) is 12.4. The number of rotatable bonds is 12. The molecule has 0 bridgehead atoms. The number of benzene rings is 3. The fraction of sp³-hybridized carbons (Fsp3) is 0.378. The quantitative estimate of drug-likeness (QED) is 0.136. The Morgan fingerprint density at radius 3 is 2.33 bits per heavy atom. The Morgan fingerprint density at radius 1 is 0.891 bits per heavy atom. The van der Waals surface area contributed by atoms with Gasteiger partial charge in [0, 0.05) is 55.0 Å². The number of anilines is 2. The summed E-state index contributed by atoms with van der Waals surface area (Å²) in [5.41, 5.74) is 5.17. The van der Waals surface area contributed by atoms with Crippen molar-refractivity contribution in [2.75, 3.05) is 24.4 Å². The minimum absolute atomic E-state index is 0.0657. The van der Waals surface area contributed by atoms with Gasteiger partial charge in [-0.25, -0.2) is 0 Å². The maximum atomic E-state index is 13.6. The molecule has 3 amide bonds. The molecule has 242 valence electrons. The summed E-state index contributed by atoms with van der Waals surface area (Å²) in [6, 6.07) is 20.8. The lowest BCUT2D eigenvalue weighted by atomic mass is 9.84. The van der Waals surface area contributed by atoms with E-state index < -0.39 is 0 Å². The van der Waals surface area contributed by atoms with Crippen molar-refractivity contribution in [2.24, 2.45) is 5.92 Å². The molecule has 1 aliphatic carbocycles. The summed E-state index contributed by atoms with van der Waals surface area (Å²) in [6.45, 7) is 5.12. The molecule has 1 aliphatic rings. The summed E-state index contributed by atoms with van der Waals surface area (Å²) >= 11 is 6.39. The number of halogens is 1. The molecule has 0 aliphatic heterocycles. The fourth-order valence-corrected chi connectivity index (χ4v) is 6.27. The third-order valence-corrected chi connectivity index (χ3v) is 8.96. The average Bonchev–Trinajstić information content (AvgIpc) is 3.42. The lowest BCUT2D eigenvalue weighted by Crippen LogP contribution is -2.27. The lowest BCUT2D eigenvalue weighted by molar-refractivity contribution is -0.124. The Morgan fingerprint density at radius 2 is 1.61 bits per heavy atom. The molecule has 9 heteroatoms. The molecule has 5 rings (SSSR count). The maximum Gasteiger partial charge on any atom is 0.272 e. The number of nitrogens with zero attached hydrogens (tertiary/aromatic N) is 1. The van der Waals surface area contributed by atoms with Gasteiger partial charge in [0.2, 0.25) is 5.91 Å². The predicted molar refractivity (Wildman–Crippen MR) is 185 cm³/mol. The Hall–Kier alpha value is -4.14. The van der Waals surface area contributed by atoms with Crippen LogP contribution in [0.5, 0.6) is 0 Å². The van der Waals surface area contributed by atoms with Crippen LogP contribution in [0.15, 0.2) is 66.7 Å². The number of fused-ring (bicyclic) bond motifs is 1. The van der Waals surface area contributed by atoms with Crippen molar-refractivity contribution in [1.82, 2.24) is 9.88 Å². The van der Waals surface area contributed by atoms with Gasteiger partial charge < -0.3 is 25.3 Å². The second-order valence-corrected chi connectivity index (χ2v) is 12.8. The number of carbonyl (C=O) groups is 3. The third kappa shape index (κ3) is 8.17. The van der Waals surface area contributed by atoms with Gasteiger partial charge in [-0.1, -0.05) is 62.9 Å². The van der Waals surface area contributed by atoms with Gasteiger partial charge in [-0.2, -0.15) is 0 Å². The van der Waals surface area contributed by atoms with E-state index in [-0.39, 0.29) is 23.6 Å². The smallest absolute Gasteiger partial charge is 0.272 e. The van der Waals surface area contributed by atoms with E-state index in [0.717, 1.165) is 28.6 Å². The summed E-state index contributed by atoms with van der Waals surface area (Å²) in [6.07, 6.45) is 7.08. The highest BCUT2D eigenvalue weighted by Crippen LogP contribution is 2.33. The molecular formula is C37H43ClN4O4. The largest absolute Gasteiger partial charge is 0.385 e. The number of hydrogen-bond donors (Lipinski definition) is 3. The maximum absolute atomic E-state index is 13.6. The summed E-state index contributed by atoms with van der Waals surface area (Å²) in [4.78, 5) is 38.9. The number of hydrogen-bond acceptors (Lipinski definition) is 4. The first kappa shape index (κ1) is 33.2. The predicted octanol–water partition coefficient (Wildman–Crippen LogP) is 8.16. The Bertz CT molecular complexity index is 1690. The van der Waals surface area contributed by atoms with E-state index in [9.17, 15) is 14.4 Å². The first-order chi connectivity index (χ1) is 22.2. The number of aryl methyl sites for hydroxylation is 1. The normalized spacial score (nSPS) is 13.6. The van der Waals surface area contributed by atoms with Crippen LogP contribution in [-0.2, 0) is 22.6 Å². The van der Waals surface area contributed by atoms with Gasteiger partial charge in [0.1, 0.15) is 5.69 Å². The first-order valence-corrected chi connectivity index (χ1v) is 16.5. The van der Waals surface area contributed by atoms with Crippen LogP contribution < -0.4 is 16.0 Å². The number of nitrogens with one attached hydrogen (secondary N) is 3. The number of aromatic nitrogens is 1. The molecule has 0 spiro atoms. The van der Waals surface area contributed by atoms with Gasteiger partial charge in [-0.3, -0.25) is 14.4 Å². The van der Waals surface area contributed by atoms with E-state index >= 15 is 0 Å². The van der Waals surface area contributed by atoms with Crippen molar-refractivity contribution in [3.63, 3.8) is 0 Å². The van der Waals surface area contributed by atoms with Gasteiger partial charge in [0.05, 0.1) is 10.6 Å². The van der Waals surface area contributed by atoms with E-state index in [4.69, 9.17) is 16.3 Å². The van der Waals surface area contributed by atoms with Crippen LogP contribution in [0.4, 0.5) is 11.4 Å². The minimum Gasteiger partial charge on any atom is -0.385 e. The first-order valence-electron chi connectivity index (χ1n) is 16.1. The van der Waals surface area contributed by atoms with Gasteiger partial charge in [0.25, 0.3) is 11.8 Å². The monoisotopic (exact) mass is 642 g/mol. The summed E-state index contributed by atoms with van der Waals surface area (Å²) < 4.78 is 7.27. The van der Waals surface area contributed by atoms with Gasteiger partial charge in [-0.05, 0) is 84.8 Å². The number of amides is 3. The van der Waals surface area contributed by atoms with Crippen LogP contribution in [0.25, 0.3) is 10.9 Å². The molecule has 8 nitrogen and oxygen atoms in total. The molecule has 1 fully saturated rings. The zero-order chi connectivity index (χ0) is 32.6. The van der Waals surface area contributed by atoms with Crippen molar-refractivity contribution < 1.29 is 19.1 Å². The molecule has 3 N–H and O–H groups in total. The molecule has 4 aromatic rings. The Labute approximate surface area is 275 Å². The van der Waals surface area contributed by atoms with Crippen LogP contribution in [0, 0.1) is 5.92 Å². The van der Waals surface area contributed by atoms with Crippen LogP contribution >= 0.6 is 11.6 Å². The number of ether oxygens (including phenoxy) is 1. The average molecular weight is 643 g/mol. The highest BCUT2D eigenvalue weighted by Gasteiger charge is 2.19. The summed E-state index contributed by atoms with van der Waals surface area (Å²) in [7, 11) is 1.66. The van der Waals surface area contributed by atoms with Gasteiger partial charge in [-0.15, -0.1) is 0 Å². The SMILES string of the molecule is COCCCn1c(C(=O)Nc2ccc(C3CCCCC3)cc2)cc2cc(NC(=O)c3cc(CNC(=O)C(C)C)ccc3Cl)ccc21. The topological polar surface area (TPSA) is 101 Å². The molecule has 0 saturated heterocycles. The molecular weight excluding hydrogens is 600 g/mol. The molecule has 0 radical (unpaired) electrons. The molecule has 46 heavy (non-hydrogen) atoms. The third-order valence-electron chi connectivity index (χ3n) is 8.63. The van der Waals surface area contributed by atoms with Gasteiger partial charge in [0.15, 0.2) is 0 Å². The van der Waals surface area contributed by atoms with Crippen LogP contribution in [0.1, 0.15) is 90.3 Å². The Kier molecular flexibility index (Phi) is 11.1. The number of carbonyl (C=O) groups excluding carboxylic acids is 3. The molecule has 1 heterocycles. The fourth-order valence-electron chi connectivity index (χ4n) is 6.06. The van der Waals surface area contributed by atoms with Crippen molar-refractivity contribution in [3.8, 4) is 0 Å². The van der Waals surface area contributed by atoms with Crippen LogP contribution in [-0.4, -0.2) is 36.0 Å². The standard InChI is InChI=1S/C37H43ClN4O4/c1-24(2)35(43)39-23-25-10-16-32(38)31(20-25)36(44)41-30-15-17-33-28(21-30)22-34(42(33)18-7-19-46-3)37(45)40-29-13-11-27(12-14-29)26-8-5-4-6-9-26/h10-17,20-22,24,26H,4-9,18-19,23H2,1-3H3,(H,39,43)(H,40,45)(H,41,44). The van der Waals surface area contributed by atoms with Gasteiger partial charge >= 0.3 is 0 Å². The molecule has 1 aromatic heterocycles. The highest BCUT2D eigenvalue weighted by atomic mass is 35.5. The highest BCUT2D eigenvalue weighted by molar-refractivity contribution is 6.34. The zero-order valence-corrected chi connectivity index (χ0v) is 27.6. The molecule has 0 unspecified atom stereocenters.